The molecule has 0 amide bonds. The molecule has 0 fully saturated rings. The van der Waals surface area contributed by atoms with Gasteiger partial charge < -0.3 is 5.73 Å². The zero-order chi connectivity index (χ0) is 15.6. The topological polar surface area (TPSA) is 56.7 Å². The van der Waals surface area contributed by atoms with Gasteiger partial charge in [-0.25, -0.2) is 0 Å². The summed E-state index contributed by atoms with van der Waals surface area (Å²) >= 11 is 3.68. The first-order chi connectivity index (χ1) is 9.97. The van der Waals surface area contributed by atoms with Crippen LogP contribution in [-0.2, 0) is 19.4 Å². The van der Waals surface area contributed by atoms with Crippen molar-refractivity contribution in [2.24, 2.45) is 5.73 Å². The predicted octanol–water partition coefficient (Wildman–Crippen LogP) is 3.48. The van der Waals surface area contributed by atoms with Crippen LogP contribution < -0.4 is 5.73 Å². The Morgan fingerprint density at radius 1 is 1.29 bits per heavy atom. The van der Waals surface area contributed by atoms with E-state index in [2.05, 4.69) is 45.9 Å². The van der Waals surface area contributed by atoms with E-state index < -0.39 is 0 Å². The highest BCUT2D eigenvalue weighted by molar-refractivity contribution is 9.10. The van der Waals surface area contributed by atoms with E-state index in [1.54, 1.807) is 0 Å². The van der Waals surface area contributed by atoms with Crippen molar-refractivity contribution < 1.29 is 0 Å². The zero-order valence-corrected chi connectivity index (χ0v) is 14.7. The SMILES string of the molecule is CCc1nn(CC)c(CC(N)c2ccc(C)nc2C)c1Br. The Labute approximate surface area is 134 Å². The number of nitrogens with zero attached hydrogens (tertiary/aromatic N) is 3. The Morgan fingerprint density at radius 2 is 2.00 bits per heavy atom. The van der Waals surface area contributed by atoms with Gasteiger partial charge in [0.25, 0.3) is 0 Å². The van der Waals surface area contributed by atoms with Crippen LogP contribution in [0.4, 0.5) is 0 Å². The Balaban J connectivity index is 2.31. The van der Waals surface area contributed by atoms with E-state index in [0.29, 0.717) is 0 Å². The van der Waals surface area contributed by atoms with Gasteiger partial charge in [-0.1, -0.05) is 13.0 Å². The van der Waals surface area contributed by atoms with Crippen LogP contribution in [0.2, 0.25) is 0 Å². The summed E-state index contributed by atoms with van der Waals surface area (Å²) in [4.78, 5) is 4.51. The molecule has 2 rings (SSSR count). The third-order valence-corrected chi connectivity index (χ3v) is 4.69. The van der Waals surface area contributed by atoms with Gasteiger partial charge >= 0.3 is 0 Å². The van der Waals surface area contributed by atoms with Crippen molar-refractivity contribution >= 4 is 15.9 Å². The molecule has 114 valence electrons. The fourth-order valence-electron chi connectivity index (χ4n) is 2.62. The Kier molecular flexibility index (Phi) is 5.17. The van der Waals surface area contributed by atoms with Crippen LogP contribution >= 0.6 is 15.9 Å². The maximum Gasteiger partial charge on any atom is 0.0766 e. The molecule has 0 aliphatic carbocycles. The lowest BCUT2D eigenvalue weighted by Crippen LogP contribution is -2.18. The molecule has 2 heterocycles. The highest BCUT2D eigenvalue weighted by atomic mass is 79.9. The van der Waals surface area contributed by atoms with Crippen molar-refractivity contribution in [3.05, 3.63) is 44.9 Å². The van der Waals surface area contributed by atoms with Crippen LogP contribution in [0.5, 0.6) is 0 Å². The molecule has 2 aromatic rings. The van der Waals surface area contributed by atoms with Crippen molar-refractivity contribution in [2.45, 2.75) is 53.1 Å². The van der Waals surface area contributed by atoms with Crippen LogP contribution in [0.1, 0.15) is 48.2 Å². The molecule has 1 atom stereocenters. The molecule has 0 aromatic carbocycles. The lowest BCUT2D eigenvalue weighted by atomic mass is 10.0. The normalized spacial score (nSPS) is 12.7. The van der Waals surface area contributed by atoms with E-state index in [0.717, 1.165) is 46.5 Å². The lowest BCUT2D eigenvalue weighted by molar-refractivity contribution is 0.582. The second-order valence-electron chi connectivity index (χ2n) is 5.31. The average molecular weight is 351 g/mol. The smallest absolute Gasteiger partial charge is 0.0766 e. The van der Waals surface area contributed by atoms with Gasteiger partial charge in [-0.2, -0.15) is 5.10 Å². The summed E-state index contributed by atoms with van der Waals surface area (Å²) in [7, 11) is 0. The van der Waals surface area contributed by atoms with Crippen LogP contribution in [0.3, 0.4) is 0 Å². The van der Waals surface area contributed by atoms with Crippen LogP contribution in [0, 0.1) is 13.8 Å². The van der Waals surface area contributed by atoms with Gasteiger partial charge in [-0.3, -0.25) is 9.67 Å². The van der Waals surface area contributed by atoms with Crippen LogP contribution in [-0.4, -0.2) is 14.8 Å². The minimum absolute atomic E-state index is 0.0684. The minimum Gasteiger partial charge on any atom is -0.324 e. The minimum atomic E-state index is -0.0684. The van der Waals surface area contributed by atoms with E-state index in [4.69, 9.17) is 5.73 Å². The standard InChI is InChI=1S/C16H23BrN4/c1-5-14-16(17)15(21(6-2)20-14)9-13(18)12-8-7-10(3)19-11(12)4/h7-8,13H,5-6,9,18H2,1-4H3. The first-order valence-electron chi connectivity index (χ1n) is 7.41. The highest BCUT2D eigenvalue weighted by Crippen LogP contribution is 2.27. The van der Waals surface area contributed by atoms with E-state index in [1.807, 2.05) is 24.6 Å². The van der Waals surface area contributed by atoms with Crippen molar-refractivity contribution in [1.29, 1.82) is 0 Å². The number of hydrogen-bond donors (Lipinski definition) is 1. The number of rotatable bonds is 5. The van der Waals surface area contributed by atoms with Crippen LogP contribution in [0.15, 0.2) is 16.6 Å². The molecule has 2 N–H and O–H groups in total. The number of pyridine rings is 1. The fraction of sp³-hybridized carbons (Fsp3) is 0.500. The third-order valence-electron chi connectivity index (χ3n) is 3.77. The molecule has 0 saturated carbocycles. The quantitative estimate of drug-likeness (QED) is 0.897. The summed E-state index contributed by atoms with van der Waals surface area (Å²) in [5.41, 5.74) is 11.8. The average Bonchev–Trinajstić information content (AvgIpc) is 2.75. The Hall–Kier alpha value is -1.20. The summed E-state index contributed by atoms with van der Waals surface area (Å²) in [6.07, 6.45) is 1.67. The predicted molar refractivity (Wildman–Crippen MR) is 89.3 cm³/mol. The van der Waals surface area contributed by atoms with E-state index >= 15 is 0 Å². The van der Waals surface area contributed by atoms with Gasteiger partial charge in [-0.15, -0.1) is 0 Å². The first-order valence-corrected chi connectivity index (χ1v) is 8.20. The molecule has 0 radical (unpaired) electrons. The largest absolute Gasteiger partial charge is 0.324 e. The molecule has 1 unspecified atom stereocenters. The van der Waals surface area contributed by atoms with E-state index in [9.17, 15) is 0 Å². The van der Waals surface area contributed by atoms with Crippen LogP contribution in [0.25, 0.3) is 0 Å². The summed E-state index contributed by atoms with van der Waals surface area (Å²) < 4.78 is 3.14. The lowest BCUT2D eigenvalue weighted by Gasteiger charge is -2.15. The van der Waals surface area contributed by atoms with Crippen molar-refractivity contribution in [2.75, 3.05) is 0 Å². The van der Waals surface area contributed by atoms with Gasteiger partial charge in [-0.05, 0) is 54.8 Å². The molecule has 0 spiro atoms. The molecule has 0 bridgehead atoms. The van der Waals surface area contributed by atoms with Gasteiger partial charge in [0.05, 0.1) is 15.9 Å². The van der Waals surface area contributed by atoms with Gasteiger partial charge in [0.2, 0.25) is 0 Å². The number of nitrogens with two attached hydrogens (primary N) is 1. The maximum absolute atomic E-state index is 6.42. The molecule has 0 aliphatic heterocycles. The van der Waals surface area contributed by atoms with Crippen molar-refractivity contribution in [3.8, 4) is 0 Å². The van der Waals surface area contributed by atoms with Gasteiger partial charge in [0.1, 0.15) is 0 Å². The molecular weight excluding hydrogens is 328 g/mol. The molecule has 0 saturated heterocycles. The summed E-state index contributed by atoms with van der Waals surface area (Å²) in [6, 6.07) is 4.04. The summed E-state index contributed by atoms with van der Waals surface area (Å²) in [5, 5.41) is 4.63. The molecule has 2 aromatic heterocycles. The molecule has 4 nitrogen and oxygen atoms in total. The van der Waals surface area contributed by atoms with E-state index in [-0.39, 0.29) is 6.04 Å². The van der Waals surface area contributed by atoms with E-state index in [1.165, 1.54) is 5.69 Å². The fourth-order valence-corrected chi connectivity index (χ4v) is 3.35. The van der Waals surface area contributed by atoms with Crippen molar-refractivity contribution in [1.82, 2.24) is 14.8 Å². The first kappa shape index (κ1) is 16.2. The highest BCUT2D eigenvalue weighted by Gasteiger charge is 2.18. The third kappa shape index (κ3) is 3.35. The molecule has 0 aliphatic rings. The number of halogens is 1. The second kappa shape index (κ2) is 6.71. The monoisotopic (exact) mass is 350 g/mol. The Bertz CT molecular complexity index is 633. The van der Waals surface area contributed by atoms with Gasteiger partial charge in [0.15, 0.2) is 0 Å². The summed E-state index contributed by atoms with van der Waals surface area (Å²) in [5.74, 6) is 0. The molecule has 5 heteroatoms. The number of aryl methyl sites for hydroxylation is 4. The molecular formula is C16H23BrN4. The number of hydrogen-bond acceptors (Lipinski definition) is 3. The van der Waals surface area contributed by atoms with Gasteiger partial charge in [0, 0.05) is 30.4 Å². The summed E-state index contributed by atoms with van der Waals surface area (Å²) in [6.45, 7) is 9.09. The van der Waals surface area contributed by atoms with Crippen molar-refractivity contribution in [3.63, 3.8) is 0 Å². The number of aromatic nitrogens is 3. The zero-order valence-electron chi connectivity index (χ0n) is 13.2. The Morgan fingerprint density at radius 3 is 2.57 bits per heavy atom. The second-order valence-corrected chi connectivity index (χ2v) is 6.11. The maximum atomic E-state index is 6.42. The molecule has 21 heavy (non-hydrogen) atoms.